The molecule has 0 saturated carbocycles. The number of carbonyl (C=O) groups is 2. The van der Waals surface area contributed by atoms with Crippen LogP contribution in [0.5, 0.6) is 0 Å². The van der Waals surface area contributed by atoms with Crippen molar-refractivity contribution in [3.8, 4) is 0 Å². The maximum Gasteiger partial charge on any atom is 0.321 e. The normalized spacial score (nSPS) is 15.7. The number of aromatic nitrogens is 2. The number of hydrogen-bond donors (Lipinski definition) is 2. The Bertz CT molecular complexity index is 487. The quantitative estimate of drug-likeness (QED) is 0.768. The minimum Gasteiger partial charge on any atom is -0.415 e. The molecule has 116 valence electrons. The molecule has 2 rings (SSSR count). The lowest BCUT2D eigenvalue weighted by atomic mass is 10.1. The average Bonchev–Trinajstić information content (AvgIpc) is 2.93. The van der Waals surface area contributed by atoms with Gasteiger partial charge in [0, 0.05) is 7.05 Å². The fraction of sp³-hybridized carbons (Fsp3) is 0.667. The van der Waals surface area contributed by atoms with Crippen LogP contribution in [-0.2, 0) is 11.3 Å². The van der Waals surface area contributed by atoms with Crippen molar-refractivity contribution >= 4 is 23.7 Å². The van der Waals surface area contributed by atoms with Crippen LogP contribution in [0.1, 0.15) is 25.2 Å². The largest absolute Gasteiger partial charge is 0.415 e. The Morgan fingerprint density at radius 2 is 2.05 bits per heavy atom. The number of nitrogens with zero attached hydrogens (tertiary/aromatic N) is 3. The van der Waals surface area contributed by atoms with Crippen LogP contribution in [0.25, 0.3) is 0 Å². The van der Waals surface area contributed by atoms with Crippen LogP contribution in [0.3, 0.4) is 0 Å². The van der Waals surface area contributed by atoms with Crippen LogP contribution in [0.15, 0.2) is 9.64 Å². The van der Waals surface area contributed by atoms with Gasteiger partial charge in [0.1, 0.15) is 0 Å². The molecule has 21 heavy (non-hydrogen) atoms. The van der Waals surface area contributed by atoms with E-state index in [1.165, 1.54) is 26.3 Å². The molecule has 3 amide bonds. The summed E-state index contributed by atoms with van der Waals surface area (Å²) in [6.45, 7) is 2.76. The first-order valence-corrected chi connectivity index (χ1v) is 7.85. The van der Waals surface area contributed by atoms with Gasteiger partial charge >= 0.3 is 6.03 Å². The smallest absolute Gasteiger partial charge is 0.321 e. The SMILES string of the molecule is CNC(=O)NC(=O)CSc1nnc(CN2CCCCC2)o1. The van der Waals surface area contributed by atoms with Crippen LogP contribution < -0.4 is 10.6 Å². The molecule has 0 bridgehead atoms. The zero-order chi connectivity index (χ0) is 15.1. The van der Waals surface area contributed by atoms with Gasteiger partial charge in [0.05, 0.1) is 12.3 Å². The van der Waals surface area contributed by atoms with E-state index in [4.69, 9.17) is 4.42 Å². The van der Waals surface area contributed by atoms with Crippen LogP contribution in [0, 0.1) is 0 Å². The molecule has 2 heterocycles. The predicted molar refractivity (Wildman–Crippen MR) is 76.7 cm³/mol. The number of piperidine rings is 1. The molecule has 0 aromatic carbocycles. The van der Waals surface area contributed by atoms with Crippen molar-refractivity contribution in [3.63, 3.8) is 0 Å². The summed E-state index contributed by atoms with van der Waals surface area (Å²) in [5.41, 5.74) is 0. The fourth-order valence-corrected chi connectivity index (χ4v) is 2.60. The van der Waals surface area contributed by atoms with Gasteiger partial charge in [-0.05, 0) is 25.9 Å². The minimum atomic E-state index is -0.531. The van der Waals surface area contributed by atoms with Crippen molar-refractivity contribution in [1.82, 2.24) is 25.7 Å². The number of urea groups is 1. The molecule has 1 aromatic heterocycles. The van der Waals surface area contributed by atoms with Crippen molar-refractivity contribution in [3.05, 3.63) is 5.89 Å². The van der Waals surface area contributed by atoms with E-state index in [0.29, 0.717) is 17.7 Å². The first kappa shape index (κ1) is 15.8. The second-order valence-electron chi connectivity index (χ2n) is 4.71. The summed E-state index contributed by atoms with van der Waals surface area (Å²) in [6.07, 6.45) is 3.69. The van der Waals surface area contributed by atoms with Gasteiger partial charge < -0.3 is 9.73 Å². The van der Waals surface area contributed by atoms with E-state index in [-0.39, 0.29) is 5.75 Å². The van der Waals surface area contributed by atoms with E-state index in [9.17, 15) is 9.59 Å². The summed E-state index contributed by atoms with van der Waals surface area (Å²) in [4.78, 5) is 24.6. The third-order valence-corrected chi connectivity index (χ3v) is 3.88. The molecule has 1 aromatic rings. The predicted octanol–water partition coefficient (Wildman–Crippen LogP) is 0.603. The Kier molecular flexibility index (Phi) is 6.00. The third-order valence-electron chi connectivity index (χ3n) is 3.06. The highest BCUT2D eigenvalue weighted by Crippen LogP contribution is 2.18. The second kappa shape index (κ2) is 7.99. The van der Waals surface area contributed by atoms with Gasteiger partial charge in [0.15, 0.2) is 0 Å². The van der Waals surface area contributed by atoms with Gasteiger partial charge in [-0.15, -0.1) is 10.2 Å². The Balaban J connectivity index is 1.74. The van der Waals surface area contributed by atoms with Crippen LogP contribution in [0.2, 0.25) is 0 Å². The molecular formula is C12H19N5O3S. The maximum atomic E-state index is 11.4. The van der Waals surface area contributed by atoms with E-state index in [0.717, 1.165) is 24.9 Å². The standard InChI is InChI=1S/C12H19N5O3S/c1-13-11(19)14-9(18)8-21-12-16-15-10(20-12)7-17-5-3-2-4-6-17/h2-8H2,1H3,(H2,13,14,18,19). The molecule has 0 atom stereocenters. The zero-order valence-electron chi connectivity index (χ0n) is 11.9. The number of likely N-dealkylation sites (tertiary alicyclic amines) is 1. The van der Waals surface area contributed by atoms with Gasteiger partial charge in [-0.3, -0.25) is 15.0 Å². The molecule has 0 radical (unpaired) electrons. The average molecular weight is 313 g/mol. The highest BCUT2D eigenvalue weighted by atomic mass is 32.2. The van der Waals surface area contributed by atoms with Crippen molar-refractivity contribution < 1.29 is 14.0 Å². The number of hydrogen-bond acceptors (Lipinski definition) is 7. The molecule has 1 saturated heterocycles. The first-order chi connectivity index (χ1) is 10.2. The van der Waals surface area contributed by atoms with Gasteiger partial charge in [-0.25, -0.2) is 4.79 Å². The monoisotopic (exact) mass is 313 g/mol. The Hall–Kier alpha value is -1.61. The Morgan fingerprint density at radius 3 is 2.76 bits per heavy atom. The lowest BCUT2D eigenvalue weighted by molar-refractivity contribution is -0.117. The van der Waals surface area contributed by atoms with E-state index in [1.807, 2.05) is 0 Å². The number of thioether (sulfide) groups is 1. The number of imide groups is 1. The van der Waals surface area contributed by atoms with E-state index < -0.39 is 11.9 Å². The number of amides is 3. The van der Waals surface area contributed by atoms with Crippen molar-refractivity contribution in [2.75, 3.05) is 25.9 Å². The zero-order valence-corrected chi connectivity index (χ0v) is 12.7. The summed E-state index contributed by atoms with van der Waals surface area (Å²) in [6, 6.07) is -0.531. The third kappa shape index (κ3) is 5.35. The van der Waals surface area contributed by atoms with Crippen molar-refractivity contribution in [2.24, 2.45) is 0 Å². The van der Waals surface area contributed by atoms with Gasteiger partial charge in [0.2, 0.25) is 11.8 Å². The van der Waals surface area contributed by atoms with E-state index in [2.05, 4.69) is 25.7 Å². The van der Waals surface area contributed by atoms with Gasteiger partial charge in [-0.2, -0.15) is 0 Å². The second-order valence-corrected chi connectivity index (χ2v) is 5.64. The summed E-state index contributed by atoms with van der Waals surface area (Å²) in [7, 11) is 1.45. The molecule has 0 aliphatic carbocycles. The van der Waals surface area contributed by atoms with Crippen LogP contribution >= 0.6 is 11.8 Å². The number of nitrogens with one attached hydrogen (secondary N) is 2. The van der Waals surface area contributed by atoms with Crippen molar-refractivity contribution in [1.29, 1.82) is 0 Å². The fourth-order valence-electron chi connectivity index (χ4n) is 2.02. The molecule has 2 N–H and O–H groups in total. The van der Waals surface area contributed by atoms with Gasteiger partial charge in [0.25, 0.3) is 5.22 Å². The number of rotatable bonds is 5. The summed E-state index contributed by atoms with van der Waals surface area (Å²) < 4.78 is 5.49. The van der Waals surface area contributed by atoms with Gasteiger partial charge in [-0.1, -0.05) is 18.2 Å². The number of carbonyl (C=O) groups excluding carboxylic acids is 2. The van der Waals surface area contributed by atoms with Crippen LogP contribution in [-0.4, -0.2) is 52.9 Å². The molecule has 1 fully saturated rings. The molecule has 0 unspecified atom stereocenters. The molecule has 9 heteroatoms. The van der Waals surface area contributed by atoms with E-state index in [1.54, 1.807) is 0 Å². The lowest BCUT2D eigenvalue weighted by Crippen LogP contribution is -2.38. The lowest BCUT2D eigenvalue weighted by Gasteiger charge is -2.24. The van der Waals surface area contributed by atoms with E-state index >= 15 is 0 Å². The first-order valence-electron chi connectivity index (χ1n) is 6.86. The topological polar surface area (TPSA) is 100 Å². The highest BCUT2D eigenvalue weighted by Gasteiger charge is 2.15. The minimum absolute atomic E-state index is 0.0543. The summed E-state index contributed by atoms with van der Waals surface area (Å²) in [5, 5.41) is 12.7. The van der Waals surface area contributed by atoms with Crippen molar-refractivity contribution in [2.45, 2.75) is 31.0 Å². The molecular weight excluding hydrogens is 294 g/mol. The maximum absolute atomic E-state index is 11.4. The highest BCUT2D eigenvalue weighted by molar-refractivity contribution is 7.99. The Morgan fingerprint density at radius 1 is 1.29 bits per heavy atom. The molecule has 8 nitrogen and oxygen atoms in total. The summed E-state index contributed by atoms with van der Waals surface area (Å²) >= 11 is 1.11. The summed E-state index contributed by atoms with van der Waals surface area (Å²) in [5.74, 6) is 0.208. The molecule has 1 aliphatic rings. The molecule has 0 spiro atoms. The molecule has 1 aliphatic heterocycles. The van der Waals surface area contributed by atoms with Crippen LogP contribution in [0.4, 0.5) is 4.79 Å². The Labute approximate surface area is 127 Å².